The van der Waals surface area contributed by atoms with Gasteiger partial charge < -0.3 is 10.2 Å². The second-order valence-electron chi connectivity index (χ2n) is 5.60. The van der Waals surface area contributed by atoms with Gasteiger partial charge in [-0.1, -0.05) is 37.6 Å². The van der Waals surface area contributed by atoms with Gasteiger partial charge in [-0.25, -0.2) is 0 Å². The first-order chi connectivity index (χ1) is 9.10. The van der Waals surface area contributed by atoms with Gasteiger partial charge in [0, 0.05) is 12.1 Å². The molecule has 108 valence electrons. The van der Waals surface area contributed by atoms with Crippen LogP contribution in [0, 0.1) is 6.92 Å². The summed E-state index contributed by atoms with van der Waals surface area (Å²) in [7, 11) is 4.30. The van der Waals surface area contributed by atoms with Crippen molar-refractivity contribution >= 4 is 0 Å². The number of nitrogens with one attached hydrogen (secondary N) is 1. The number of aryl methyl sites for hydroxylation is 1. The Labute approximate surface area is 119 Å². The molecule has 1 rings (SSSR count). The molecule has 1 aromatic carbocycles. The van der Waals surface area contributed by atoms with Gasteiger partial charge in [0.25, 0.3) is 0 Å². The normalized spacial score (nSPS) is 14.6. The van der Waals surface area contributed by atoms with Gasteiger partial charge in [0.1, 0.15) is 0 Å². The second kappa shape index (κ2) is 8.34. The first-order valence-corrected chi connectivity index (χ1v) is 7.53. The van der Waals surface area contributed by atoms with Crippen LogP contribution in [0.15, 0.2) is 24.3 Å². The van der Waals surface area contributed by atoms with Crippen molar-refractivity contribution in [1.29, 1.82) is 0 Å². The fourth-order valence-corrected chi connectivity index (χ4v) is 2.62. The van der Waals surface area contributed by atoms with Gasteiger partial charge in [0.2, 0.25) is 0 Å². The number of rotatable bonds is 8. The van der Waals surface area contributed by atoms with Crippen molar-refractivity contribution in [2.24, 2.45) is 0 Å². The molecule has 0 saturated carbocycles. The summed E-state index contributed by atoms with van der Waals surface area (Å²) in [6.45, 7) is 7.92. The highest BCUT2D eigenvalue weighted by atomic mass is 15.1. The number of nitrogens with zero attached hydrogens (tertiary/aromatic N) is 1. The third-order valence-corrected chi connectivity index (χ3v) is 4.14. The van der Waals surface area contributed by atoms with E-state index in [0.29, 0.717) is 12.1 Å². The molecule has 0 heterocycles. The summed E-state index contributed by atoms with van der Waals surface area (Å²) in [5.74, 6) is 0. The molecule has 0 aromatic heterocycles. The van der Waals surface area contributed by atoms with Crippen LogP contribution in [0.4, 0.5) is 0 Å². The average molecular weight is 262 g/mol. The zero-order valence-electron chi connectivity index (χ0n) is 13.2. The second-order valence-corrected chi connectivity index (χ2v) is 5.60. The predicted octanol–water partition coefficient (Wildman–Crippen LogP) is 3.77. The minimum Gasteiger partial charge on any atom is -0.313 e. The van der Waals surface area contributed by atoms with Crippen LogP contribution in [0.3, 0.4) is 0 Å². The van der Waals surface area contributed by atoms with E-state index in [1.165, 1.54) is 24.0 Å². The third kappa shape index (κ3) is 4.96. The summed E-state index contributed by atoms with van der Waals surface area (Å²) in [4.78, 5) is 2.48. The highest BCUT2D eigenvalue weighted by Crippen LogP contribution is 2.20. The van der Waals surface area contributed by atoms with E-state index in [9.17, 15) is 0 Å². The molecule has 2 unspecified atom stereocenters. The molecule has 2 heteroatoms. The van der Waals surface area contributed by atoms with Crippen molar-refractivity contribution in [2.75, 3.05) is 20.6 Å². The molecule has 2 nitrogen and oxygen atoms in total. The SMILES string of the molecule is CCCC(C)N(C)CCC(NC)c1ccccc1C. The van der Waals surface area contributed by atoms with Crippen LogP contribution in [-0.4, -0.2) is 31.6 Å². The molecule has 0 aliphatic rings. The first-order valence-electron chi connectivity index (χ1n) is 7.53. The van der Waals surface area contributed by atoms with Crippen LogP contribution in [0.2, 0.25) is 0 Å². The van der Waals surface area contributed by atoms with Crippen molar-refractivity contribution in [3.63, 3.8) is 0 Å². The lowest BCUT2D eigenvalue weighted by Crippen LogP contribution is -2.32. The van der Waals surface area contributed by atoms with Gasteiger partial charge in [0.15, 0.2) is 0 Å². The lowest BCUT2D eigenvalue weighted by atomic mass is 9.98. The van der Waals surface area contributed by atoms with E-state index in [4.69, 9.17) is 0 Å². The van der Waals surface area contributed by atoms with Crippen LogP contribution in [0.25, 0.3) is 0 Å². The number of hydrogen-bond acceptors (Lipinski definition) is 2. The van der Waals surface area contributed by atoms with Gasteiger partial charge in [0.05, 0.1) is 0 Å². The molecule has 1 aromatic rings. The molecule has 0 aliphatic heterocycles. The Hall–Kier alpha value is -0.860. The molecule has 1 N–H and O–H groups in total. The van der Waals surface area contributed by atoms with Gasteiger partial charge in [-0.05, 0) is 58.5 Å². The number of hydrogen-bond donors (Lipinski definition) is 1. The predicted molar refractivity (Wildman–Crippen MR) is 84.6 cm³/mol. The molecule has 0 amide bonds. The molecule has 2 atom stereocenters. The van der Waals surface area contributed by atoms with Crippen LogP contribution in [0.1, 0.15) is 50.3 Å². The van der Waals surface area contributed by atoms with E-state index in [-0.39, 0.29) is 0 Å². The molecule has 0 aliphatic carbocycles. The maximum absolute atomic E-state index is 3.46. The molecular weight excluding hydrogens is 232 g/mol. The molecule has 0 saturated heterocycles. The Bertz CT molecular complexity index is 362. The van der Waals surface area contributed by atoms with Crippen molar-refractivity contribution < 1.29 is 0 Å². The van der Waals surface area contributed by atoms with Crippen LogP contribution >= 0.6 is 0 Å². The average Bonchev–Trinajstić information content (AvgIpc) is 2.41. The van der Waals surface area contributed by atoms with Gasteiger partial charge in [-0.15, -0.1) is 0 Å². The Kier molecular flexibility index (Phi) is 7.11. The third-order valence-electron chi connectivity index (χ3n) is 4.14. The lowest BCUT2D eigenvalue weighted by Gasteiger charge is -2.27. The summed E-state index contributed by atoms with van der Waals surface area (Å²) < 4.78 is 0. The van der Waals surface area contributed by atoms with E-state index in [1.807, 2.05) is 0 Å². The Morgan fingerprint density at radius 1 is 1.21 bits per heavy atom. The van der Waals surface area contributed by atoms with Gasteiger partial charge in [-0.2, -0.15) is 0 Å². The minimum atomic E-state index is 0.456. The first kappa shape index (κ1) is 16.2. The van der Waals surface area contributed by atoms with Crippen molar-refractivity contribution in [3.05, 3.63) is 35.4 Å². The summed E-state index contributed by atoms with van der Waals surface area (Å²) in [5, 5.41) is 3.46. The Morgan fingerprint density at radius 2 is 1.89 bits per heavy atom. The maximum Gasteiger partial charge on any atom is 0.0332 e. The van der Waals surface area contributed by atoms with Crippen molar-refractivity contribution in [1.82, 2.24) is 10.2 Å². The Morgan fingerprint density at radius 3 is 2.47 bits per heavy atom. The summed E-state index contributed by atoms with van der Waals surface area (Å²) in [6, 6.07) is 9.82. The lowest BCUT2D eigenvalue weighted by molar-refractivity contribution is 0.232. The van der Waals surface area contributed by atoms with Gasteiger partial charge >= 0.3 is 0 Å². The number of benzene rings is 1. The quantitative estimate of drug-likeness (QED) is 0.767. The molecule has 0 spiro atoms. The highest BCUT2D eigenvalue weighted by molar-refractivity contribution is 5.28. The molecule has 19 heavy (non-hydrogen) atoms. The highest BCUT2D eigenvalue weighted by Gasteiger charge is 2.14. The molecule has 0 fully saturated rings. The Balaban J connectivity index is 2.56. The molecular formula is C17H30N2. The monoisotopic (exact) mass is 262 g/mol. The fourth-order valence-electron chi connectivity index (χ4n) is 2.62. The molecule has 0 bridgehead atoms. The summed E-state index contributed by atoms with van der Waals surface area (Å²) in [5.41, 5.74) is 2.81. The largest absolute Gasteiger partial charge is 0.313 e. The zero-order valence-corrected chi connectivity index (χ0v) is 13.2. The van der Waals surface area contributed by atoms with Crippen LogP contribution < -0.4 is 5.32 Å². The smallest absolute Gasteiger partial charge is 0.0332 e. The van der Waals surface area contributed by atoms with Crippen molar-refractivity contribution in [2.45, 2.75) is 52.1 Å². The zero-order chi connectivity index (χ0) is 14.3. The summed E-state index contributed by atoms with van der Waals surface area (Å²) in [6.07, 6.45) is 3.70. The topological polar surface area (TPSA) is 15.3 Å². The van der Waals surface area contributed by atoms with E-state index in [1.54, 1.807) is 0 Å². The van der Waals surface area contributed by atoms with E-state index < -0.39 is 0 Å². The fraction of sp³-hybridized carbons (Fsp3) is 0.647. The van der Waals surface area contributed by atoms with Crippen LogP contribution in [0.5, 0.6) is 0 Å². The minimum absolute atomic E-state index is 0.456. The maximum atomic E-state index is 3.46. The van der Waals surface area contributed by atoms with Crippen molar-refractivity contribution in [3.8, 4) is 0 Å². The van der Waals surface area contributed by atoms with E-state index in [2.05, 4.69) is 69.3 Å². The standard InChI is InChI=1S/C17H30N2/c1-6-9-15(3)19(5)13-12-17(18-4)16-11-8-7-10-14(16)2/h7-8,10-11,15,17-18H,6,9,12-13H2,1-5H3. The van der Waals surface area contributed by atoms with E-state index >= 15 is 0 Å². The van der Waals surface area contributed by atoms with Crippen LogP contribution in [-0.2, 0) is 0 Å². The summed E-state index contributed by atoms with van der Waals surface area (Å²) >= 11 is 0. The van der Waals surface area contributed by atoms with Gasteiger partial charge in [-0.3, -0.25) is 0 Å². The molecule has 0 radical (unpaired) electrons. The van der Waals surface area contributed by atoms with E-state index in [0.717, 1.165) is 13.0 Å².